The fraction of sp³-hybridized carbons (Fsp3) is 0.364. The van der Waals surface area contributed by atoms with Gasteiger partial charge in [-0.05, 0) is 13.0 Å². The molecule has 1 heterocycles. The van der Waals surface area contributed by atoms with Crippen molar-refractivity contribution in [3.63, 3.8) is 0 Å². The van der Waals surface area contributed by atoms with Crippen molar-refractivity contribution in [2.75, 3.05) is 17.7 Å². The molecule has 2 aromatic rings. The number of halogens is 2. The zero-order valence-corrected chi connectivity index (χ0v) is 12.0. The van der Waals surface area contributed by atoms with E-state index in [2.05, 4.69) is 4.98 Å². The van der Waals surface area contributed by atoms with Crippen LogP contribution in [0.25, 0.3) is 11.0 Å². The van der Waals surface area contributed by atoms with Crippen molar-refractivity contribution in [2.24, 2.45) is 0 Å². The maximum absolute atomic E-state index is 13.3. The molecule has 8 heteroatoms. The van der Waals surface area contributed by atoms with Crippen LogP contribution in [0.15, 0.2) is 12.1 Å². The maximum Gasteiger partial charge on any atom is 0.201 e. The lowest BCUT2D eigenvalue weighted by Gasteiger charge is -2.15. The fourth-order valence-corrected chi connectivity index (χ4v) is 3.27. The summed E-state index contributed by atoms with van der Waals surface area (Å²) in [5.41, 5.74) is 6.63. The summed E-state index contributed by atoms with van der Waals surface area (Å²) >= 11 is 5.73. The van der Waals surface area contributed by atoms with E-state index in [9.17, 15) is 12.8 Å². The van der Waals surface area contributed by atoms with Crippen LogP contribution in [0.4, 0.5) is 10.3 Å². The van der Waals surface area contributed by atoms with E-state index in [0.29, 0.717) is 11.0 Å². The quantitative estimate of drug-likeness (QED) is 0.941. The van der Waals surface area contributed by atoms with Gasteiger partial charge in [-0.3, -0.25) is 0 Å². The third kappa shape index (κ3) is 2.82. The Morgan fingerprint density at radius 3 is 2.74 bits per heavy atom. The first-order valence-corrected chi connectivity index (χ1v) is 7.93. The summed E-state index contributed by atoms with van der Waals surface area (Å²) in [5.74, 6) is -0.542. The van der Waals surface area contributed by atoms with Gasteiger partial charge in [0.25, 0.3) is 0 Å². The molecule has 1 unspecified atom stereocenters. The minimum absolute atomic E-state index is 0.0554. The molecule has 0 amide bonds. The highest BCUT2D eigenvalue weighted by atomic mass is 35.5. The van der Waals surface area contributed by atoms with Crippen molar-refractivity contribution < 1.29 is 12.8 Å². The number of fused-ring (bicyclic) bond motifs is 1. The molecule has 2 rings (SSSR count). The lowest BCUT2D eigenvalue weighted by Crippen LogP contribution is -2.18. The summed E-state index contributed by atoms with van der Waals surface area (Å²) < 4.78 is 37.6. The number of anilines is 1. The Hall–Kier alpha value is -1.34. The number of nitrogens with two attached hydrogens (primary N) is 1. The minimum atomic E-state index is -3.16. The number of hydrogen-bond donors (Lipinski definition) is 1. The van der Waals surface area contributed by atoms with Gasteiger partial charge in [0.15, 0.2) is 0 Å². The zero-order valence-electron chi connectivity index (χ0n) is 10.4. The van der Waals surface area contributed by atoms with E-state index < -0.39 is 21.7 Å². The van der Waals surface area contributed by atoms with Gasteiger partial charge in [0.2, 0.25) is 5.95 Å². The first-order valence-electron chi connectivity index (χ1n) is 5.49. The molecule has 0 aliphatic carbocycles. The lowest BCUT2D eigenvalue weighted by molar-refractivity contribution is 0.571. The summed E-state index contributed by atoms with van der Waals surface area (Å²) in [5, 5.41) is -0.0554. The number of nitrogens with zero attached hydrogens (tertiary/aromatic N) is 2. The number of rotatable bonds is 3. The van der Waals surface area contributed by atoms with Gasteiger partial charge in [0, 0.05) is 18.4 Å². The standard InChI is InChI=1S/C11H13ClFN3O2S/c1-6(5-19(2,17)18)16-10-3-7(12)8(13)4-9(10)15-11(16)14/h3-4,6H,5H2,1-2H3,(H2,14,15). The molecule has 1 atom stereocenters. The topological polar surface area (TPSA) is 78.0 Å². The predicted molar refractivity (Wildman–Crippen MR) is 73.5 cm³/mol. The molecule has 1 aromatic carbocycles. The summed E-state index contributed by atoms with van der Waals surface area (Å²) in [6.45, 7) is 1.70. The smallest absolute Gasteiger partial charge is 0.201 e. The Morgan fingerprint density at radius 1 is 1.53 bits per heavy atom. The first kappa shape index (κ1) is 14.1. The lowest BCUT2D eigenvalue weighted by atomic mass is 10.3. The average Bonchev–Trinajstić information content (AvgIpc) is 2.52. The molecule has 0 aliphatic rings. The second kappa shape index (κ2) is 4.64. The van der Waals surface area contributed by atoms with Crippen molar-refractivity contribution in [1.29, 1.82) is 0 Å². The van der Waals surface area contributed by atoms with Crippen molar-refractivity contribution in [3.8, 4) is 0 Å². The summed E-state index contributed by atoms with van der Waals surface area (Å²) in [4.78, 5) is 4.01. The second-order valence-corrected chi connectivity index (χ2v) is 7.13. The van der Waals surface area contributed by atoms with E-state index in [1.807, 2.05) is 0 Å². The van der Waals surface area contributed by atoms with Crippen LogP contribution in [-0.2, 0) is 9.84 Å². The van der Waals surface area contributed by atoms with Crippen molar-refractivity contribution in [1.82, 2.24) is 9.55 Å². The highest BCUT2D eigenvalue weighted by Gasteiger charge is 2.19. The van der Waals surface area contributed by atoms with Crippen LogP contribution < -0.4 is 5.73 Å². The normalized spacial score (nSPS) is 13.9. The van der Waals surface area contributed by atoms with Gasteiger partial charge < -0.3 is 10.3 Å². The number of nitrogen functional groups attached to an aromatic ring is 1. The van der Waals surface area contributed by atoms with Crippen LogP contribution in [0, 0.1) is 5.82 Å². The van der Waals surface area contributed by atoms with E-state index in [4.69, 9.17) is 17.3 Å². The predicted octanol–water partition coefficient (Wildman–Crippen LogP) is 2.02. The number of benzene rings is 1. The molecule has 2 N–H and O–H groups in total. The first-order chi connectivity index (χ1) is 8.69. The van der Waals surface area contributed by atoms with E-state index in [1.54, 1.807) is 11.5 Å². The third-order valence-electron chi connectivity index (χ3n) is 2.74. The van der Waals surface area contributed by atoms with E-state index in [0.717, 1.165) is 6.26 Å². The van der Waals surface area contributed by atoms with Gasteiger partial charge in [-0.2, -0.15) is 0 Å². The largest absolute Gasteiger partial charge is 0.369 e. The molecule has 1 aromatic heterocycles. The summed E-state index contributed by atoms with van der Waals surface area (Å²) in [6.07, 6.45) is 1.14. The van der Waals surface area contributed by atoms with Gasteiger partial charge in [-0.1, -0.05) is 11.6 Å². The van der Waals surface area contributed by atoms with Gasteiger partial charge in [-0.25, -0.2) is 17.8 Å². The van der Waals surface area contributed by atoms with Crippen LogP contribution in [0.3, 0.4) is 0 Å². The highest BCUT2D eigenvalue weighted by Crippen LogP contribution is 2.27. The summed E-state index contributed by atoms with van der Waals surface area (Å²) in [7, 11) is -3.16. The Labute approximate surface area is 115 Å². The molecule has 0 saturated carbocycles. The van der Waals surface area contributed by atoms with Gasteiger partial charge in [-0.15, -0.1) is 0 Å². The highest BCUT2D eigenvalue weighted by molar-refractivity contribution is 7.90. The second-order valence-electron chi connectivity index (χ2n) is 4.54. The maximum atomic E-state index is 13.3. The molecule has 0 saturated heterocycles. The van der Waals surface area contributed by atoms with Crippen LogP contribution in [0.1, 0.15) is 13.0 Å². The molecule has 0 aliphatic heterocycles. The number of imidazole rings is 1. The minimum Gasteiger partial charge on any atom is -0.369 e. The van der Waals surface area contributed by atoms with Crippen LogP contribution in [0.2, 0.25) is 5.02 Å². The van der Waals surface area contributed by atoms with Crippen LogP contribution >= 0.6 is 11.6 Å². The number of sulfone groups is 1. The van der Waals surface area contributed by atoms with E-state index in [-0.39, 0.29) is 16.7 Å². The van der Waals surface area contributed by atoms with Gasteiger partial charge in [0.1, 0.15) is 15.7 Å². The molecule has 19 heavy (non-hydrogen) atoms. The SMILES string of the molecule is CC(CS(C)(=O)=O)n1c(N)nc2cc(F)c(Cl)cc21. The third-order valence-corrected chi connectivity index (χ3v) is 4.12. The van der Waals surface area contributed by atoms with Crippen molar-refractivity contribution in [2.45, 2.75) is 13.0 Å². The molecular weight excluding hydrogens is 293 g/mol. The average molecular weight is 306 g/mol. The Morgan fingerprint density at radius 2 is 2.16 bits per heavy atom. The summed E-state index contributed by atoms with van der Waals surface area (Å²) in [6, 6.07) is 2.16. The van der Waals surface area contributed by atoms with Crippen molar-refractivity contribution >= 4 is 38.4 Å². The zero-order chi connectivity index (χ0) is 14.4. The van der Waals surface area contributed by atoms with Crippen LogP contribution in [-0.4, -0.2) is 30.0 Å². The van der Waals surface area contributed by atoms with E-state index in [1.165, 1.54) is 12.1 Å². The van der Waals surface area contributed by atoms with Gasteiger partial charge >= 0.3 is 0 Å². The number of aromatic nitrogens is 2. The monoisotopic (exact) mass is 305 g/mol. The van der Waals surface area contributed by atoms with E-state index >= 15 is 0 Å². The molecule has 0 radical (unpaired) electrons. The number of hydrogen-bond acceptors (Lipinski definition) is 4. The Bertz CT molecular complexity index is 742. The molecule has 5 nitrogen and oxygen atoms in total. The van der Waals surface area contributed by atoms with Gasteiger partial charge in [0.05, 0.1) is 21.8 Å². The molecule has 0 bridgehead atoms. The Kier molecular flexibility index (Phi) is 3.44. The fourth-order valence-electron chi connectivity index (χ4n) is 2.08. The molecular formula is C11H13ClFN3O2S. The molecule has 0 spiro atoms. The van der Waals surface area contributed by atoms with Crippen molar-refractivity contribution in [3.05, 3.63) is 23.0 Å². The molecule has 104 valence electrons. The molecule has 0 fully saturated rings. The van der Waals surface area contributed by atoms with Crippen LogP contribution in [0.5, 0.6) is 0 Å². The Balaban J connectivity index is 2.60.